The Hall–Kier alpha value is -0.770. The Balaban J connectivity index is 3.88. The molecule has 0 aliphatic heterocycles. The maximum absolute atomic E-state index is 8.76. The van der Waals surface area contributed by atoms with Crippen molar-refractivity contribution in [2.24, 2.45) is 5.92 Å². The molecular weight excluding hydrogens is 134 g/mol. The first-order chi connectivity index (χ1) is 5.26. The molecule has 11 heavy (non-hydrogen) atoms. The van der Waals surface area contributed by atoms with Crippen molar-refractivity contribution in [2.75, 3.05) is 0 Å². The van der Waals surface area contributed by atoms with Crippen LogP contribution < -0.4 is 0 Å². The summed E-state index contributed by atoms with van der Waals surface area (Å²) in [5.41, 5.74) is 1.21. The van der Waals surface area contributed by atoms with Crippen molar-refractivity contribution in [2.45, 2.75) is 40.0 Å². The summed E-state index contributed by atoms with van der Waals surface area (Å²) < 4.78 is 0. The van der Waals surface area contributed by atoms with Gasteiger partial charge in [-0.2, -0.15) is 5.26 Å². The van der Waals surface area contributed by atoms with Gasteiger partial charge in [0.2, 0.25) is 0 Å². The van der Waals surface area contributed by atoms with Crippen molar-refractivity contribution in [1.29, 1.82) is 5.26 Å². The molecule has 0 N–H and O–H groups in total. The zero-order valence-electron chi connectivity index (χ0n) is 7.72. The van der Waals surface area contributed by atoms with E-state index in [9.17, 15) is 0 Å². The summed E-state index contributed by atoms with van der Waals surface area (Å²) >= 11 is 0. The lowest BCUT2D eigenvalue weighted by Crippen LogP contribution is -1.97. The van der Waals surface area contributed by atoms with Crippen LogP contribution in [0.15, 0.2) is 11.6 Å². The van der Waals surface area contributed by atoms with E-state index in [-0.39, 0.29) is 5.92 Å². The molecule has 0 radical (unpaired) electrons. The van der Waals surface area contributed by atoms with Gasteiger partial charge in [-0.1, -0.05) is 31.4 Å². The summed E-state index contributed by atoms with van der Waals surface area (Å²) in [5, 5.41) is 8.76. The smallest absolute Gasteiger partial charge is 0.0700 e. The first kappa shape index (κ1) is 10.2. The molecule has 0 bridgehead atoms. The van der Waals surface area contributed by atoms with Crippen molar-refractivity contribution < 1.29 is 0 Å². The summed E-state index contributed by atoms with van der Waals surface area (Å²) in [6.07, 6.45) is 5.38. The van der Waals surface area contributed by atoms with Crippen LogP contribution in [0.5, 0.6) is 0 Å². The van der Waals surface area contributed by atoms with Gasteiger partial charge in [0.1, 0.15) is 0 Å². The molecule has 1 nitrogen and oxygen atoms in total. The van der Waals surface area contributed by atoms with E-state index in [4.69, 9.17) is 5.26 Å². The first-order valence-electron chi connectivity index (χ1n) is 4.28. The van der Waals surface area contributed by atoms with E-state index in [1.165, 1.54) is 12.0 Å². The number of nitriles is 1. The predicted molar refractivity (Wildman–Crippen MR) is 48.1 cm³/mol. The second-order valence-electron chi connectivity index (χ2n) is 2.86. The zero-order chi connectivity index (χ0) is 8.69. The van der Waals surface area contributed by atoms with Crippen LogP contribution in [0, 0.1) is 17.2 Å². The topological polar surface area (TPSA) is 23.8 Å². The molecule has 0 saturated carbocycles. The molecule has 0 spiro atoms. The van der Waals surface area contributed by atoms with Crippen LogP contribution in [0.4, 0.5) is 0 Å². The van der Waals surface area contributed by atoms with Gasteiger partial charge >= 0.3 is 0 Å². The normalized spacial score (nSPS) is 14.2. The van der Waals surface area contributed by atoms with Crippen LogP contribution in [0.2, 0.25) is 0 Å². The highest BCUT2D eigenvalue weighted by Gasteiger charge is 2.06. The van der Waals surface area contributed by atoms with Crippen molar-refractivity contribution in [3.8, 4) is 6.07 Å². The third-order valence-corrected chi connectivity index (χ3v) is 2.01. The summed E-state index contributed by atoms with van der Waals surface area (Å²) in [6.45, 7) is 6.18. The van der Waals surface area contributed by atoms with E-state index in [1.54, 1.807) is 0 Å². The minimum Gasteiger partial charge on any atom is -0.198 e. The van der Waals surface area contributed by atoms with E-state index in [0.29, 0.717) is 0 Å². The number of allylic oxidation sites excluding steroid dienone is 2. The van der Waals surface area contributed by atoms with Gasteiger partial charge in [-0.3, -0.25) is 0 Å². The molecule has 0 rings (SSSR count). The largest absolute Gasteiger partial charge is 0.198 e. The lowest BCUT2D eigenvalue weighted by molar-refractivity contribution is 0.626. The molecule has 0 aromatic carbocycles. The highest BCUT2D eigenvalue weighted by atomic mass is 14.3. The van der Waals surface area contributed by atoms with Crippen LogP contribution >= 0.6 is 0 Å². The average molecular weight is 151 g/mol. The monoisotopic (exact) mass is 151 g/mol. The highest BCUT2D eigenvalue weighted by Crippen LogP contribution is 2.16. The third-order valence-electron chi connectivity index (χ3n) is 2.01. The zero-order valence-corrected chi connectivity index (χ0v) is 7.72. The maximum Gasteiger partial charge on any atom is 0.0700 e. The van der Waals surface area contributed by atoms with E-state index >= 15 is 0 Å². The number of hydrogen-bond donors (Lipinski definition) is 0. The summed E-state index contributed by atoms with van der Waals surface area (Å²) in [5.74, 6) is 0.153. The maximum atomic E-state index is 8.76. The predicted octanol–water partition coefficient (Wildman–Crippen LogP) is 3.28. The second kappa shape index (κ2) is 5.97. The minimum absolute atomic E-state index is 0.153. The highest BCUT2D eigenvalue weighted by molar-refractivity contribution is 5.10. The van der Waals surface area contributed by atoms with Gasteiger partial charge in [-0.15, -0.1) is 0 Å². The van der Waals surface area contributed by atoms with Gasteiger partial charge in [0.05, 0.1) is 12.0 Å². The van der Waals surface area contributed by atoms with E-state index < -0.39 is 0 Å². The molecule has 0 amide bonds. The molecule has 62 valence electrons. The van der Waals surface area contributed by atoms with Gasteiger partial charge < -0.3 is 0 Å². The van der Waals surface area contributed by atoms with Gasteiger partial charge in [0, 0.05) is 0 Å². The number of unbranched alkanes of at least 4 members (excludes halogenated alkanes) is 1. The Bertz CT molecular complexity index is 162. The quantitative estimate of drug-likeness (QED) is 0.566. The standard InChI is InChI=1S/C10H17N/c1-4-6-7-10(8-11)9(3)5-2/h5,10H,4,6-7H2,1-3H3/b9-5+. The molecule has 1 atom stereocenters. The number of nitrogens with zero attached hydrogens (tertiary/aromatic N) is 1. The van der Waals surface area contributed by atoms with Crippen molar-refractivity contribution in [3.63, 3.8) is 0 Å². The van der Waals surface area contributed by atoms with Gasteiger partial charge in [0.25, 0.3) is 0 Å². The molecule has 1 heteroatoms. The molecule has 0 aliphatic rings. The van der Waals surface area contributed by atoms with Gasteiger partial charge in [-0.25, -0.2) is 0 Å². The Labute approximate surface area is 69.7 Å². The Morgan fingerprint density at radius 2 is 2.27 bits per heavy atom. The van der Waals surface area contributed by atoms with Gasteiger partial charge in [-0.05, 0) is 20.3 Å². The summed E-state index contributed by atoms with van der Waals surface area (Å²) in [7, 11) is 0. The fraction of sp³-hybridized carbons (Fsp3) is 0.700. The van der Waals surface area contributed by atoms with E-state index in [2.05, 4.69) is 13.0 Å². The van der Waals surface area contributed by atoms with Crippen LogP contribution in [-0.4, -0.2) is 0 Å². The molecule has 0 heterocycles. The van der Waals surface area contributed by atoms with Crippen LogP contribution in [0.25, 0.3) is 0 Å². The lowest BCUT2D eigenvalue weighted by Gasteiger charge is -2.07. The Kier molecular flexibility index (Phi) is 5.56. The summed E-state index contributed by atoms with van der Waals surface area (Å²) in [4.78, 5) is 0. The lowest BCUT2D eigenvalue weighted by atomic mass is 9.96. The molecular formula is C10H17N. The number of hydrogen-bond acceptors (Lipinski definition) is 1. The van der Waals surface area contributed by atoms with Gasteiger partial charge in [0.15, 0.2) is 0 Å². The molecule has 1 unspecified atom stereocenters. The molecule has 0 saturated heterocycles. The van der Waals surface area contributed by atoms with Crippen molar-refractivity contribution in [3.05, 3.63) is 11.6 Å². The third kappa shape index (κ3) is 3.83. The molecule has 0 fully saturated rings. The molecule has 0 aromatic heterocycles. The minimum atomic E-state index is 0.153. The fourth-order valence-electron chi connectivity index (χ4n) is 1.00. The Morgan fingerprint density at radius 1 is 1.64 bits per heavy atom. The van der Waals surface area contributed by atoms with Crippen LogP contribution in [0.1, 0.15) is 40.0 Å². The van der Waals surface area contributed by atoms with Crippen LogP contribution in [-0.2, 0) is 0 Å². The molecule has 0 aliphatic carbocycles. The van der Waals surface area contributed by atoms with Crippen LogP contribution in [0.3, 0.4) is 0 Å². The first-order valence-corrected chi connectivity index (χ1v) is 4.28. The second-order valence-corrected chi connectivity index (χ2v) is 2.86. The van der Waals surface area contributed by atoms with Crippen molar-refractivity contribution >= 4 is 0 Å². The van der Waals surface area contributed by atoms with E-state index in [0.717, 1.165) is 12.8 Å². The SMILES string of the molecule is C/C=C(\C)C(C#N)CCCC. The fourth-order valence-corrected chi connectivity index (χ4v) is 1.00. The summed E-state index contributed by atoms with van der Waals surface area (Å²) in [6, 6.07) is 2.32. The number of rotatable bonds is 4. The Morgan fingerprint density at radius 3 is 2.64 bits per heavy atom. The average Bonchev–Trinajstić information content (AvgIpc) is 2.05. The molecule has 0 aromatic rings. The van der Waals surface area contributed by atoms with Crippen molar-refractivity contribution in [1.82, 2.24) is 0 Å². The van der Waals surface area contributed by atoms with E-state index in [1.807, 2.05) is 19.9 Å².